The van der Waals surface area contributed by atoms with Crippen molar-refractivity contribution < 1.29 is 4.42 Å². The molecule has 20 heavy (non-hydrogen) atoms. The van der Waals surface area contributed by atoms with Crippen LogP contribution in [0.3, 0.4) is 0 Å². The maximum absolute atomic E-state index is 6.03. The Kier molecular flexibility index (Phi) is 3.59. The van der Waals surface area contributed by atoms with Crippen molar-refractivity contribution in [3.63, 3.8) is 0 Å². The third-order valence-electron chi connectivity index (χ3n) is 3.54. The van der Waals surface area contributed by atoms with E-state index in [0.29, 0.717) is 0 Å². The van der Waals surface area contributed by atoms with Crippen LogP contribution in [-0.4, -0.2) is 7.05 Å². The van der Waals surface area contributed by atoms with Gasteiger partial charge in [-0.05, 0) is 56.8 Å². The van der Waals surface area contributed by atoms with Crippen LogP contribution in [-0.2, 0) is 0 Å². The van der Waals surface area contributed by atoms with Crippen molar-refractivity contribution in [2.24, 2.45) is 0 Å². The zero-order valence-corrected chi connectivity index (χ0v) is 13.2. The van der Waals surface area contributed by atoms with Crippen LogP contribution >= 0.6 is 22.9 Å². The van der Waals surface area contributed by atoms with Gasteiger partial charge in [0.05, 0.1) is 0 Å². The first-order chi connectivity index (χ1) is 9.58. The standard InChI is InChI=1S/C16H16ClNOS/c1-9-6-15(20-10(9)2)16(18-3)14-8-11-7-12(17)4-5-13(11)19-14/h4-8,16,18H,1-3H3. The van der Waals surface area contributed by atoms with Crippen molar-refractivity contribution in [2.75, 3.05) is 7.05 Å². The number of nitrogens with one attached hydrogen (secondary N) is 1. The van der Waals surface area contributed by atoms with Gasteiger partial charge in [-0.2, -0.15) is 0 Å². The highest BCUT2D eigenvalue weighted by Gasteiger charge is 2.19. The van der Waals surface area contributed by atoms with Crippen molar-refractivity contribution >= 4 is 33.9 Å². The number of hydrogen-bond donors (Lipinski definition) is 1. The molecule has 0 spiro atoms. The van der Waals surface area contributed by atoms with Gasteiger partial charge < -0.3 is 9.73 Å². The number of hydrogen-bond acceptors (Lipinski definition) is 3. The van der Waals surface area contributed by atoms with E-state index in [4.69, 9.17) is 16.0 Å². The highest BCUT2D eigenvalue weighted by molar-refractivity contribution is 7.12. The lowest BCUT2D eigenvalue weighted by Gasteiger charge is -2.11. The summed E-state index contributed by atoms with van der Waals surface area (Å²) in [5.41, 5.74) is 2.19. The van der Waals surface area contributed by atoms with Gasteiger partial charge in [-0.15, -0.1) is 11.3 Å². The second kappa shape index (κ2) is 5.24. The van der Waals surface area contributed by atoms with Gasteiger partial charge in [-0.1, -0.05) is 11.6 Å². The van der Waals surface area contributed by atoms with Crippen molar-refractivity contribution in [1.82, 2.24) is 5.32 Å². The lowest BCUT2D eigenvalue weighted by atomic mass is 10.1. The molecule has 0 aliphatic rings. The molecule has 0 bridgehead atoms. The number of rotatable bonds is 3. The van der Waals surface area contributed by atoms with Gasteiger partial charge in [0, 0.05) is 20.2 Å². The number of aryl methyl sites for hydroxylation is 2. The molecule has 2 aromatic heterocycles. The second-order valence-electron chi connectivity index (χ2n) is 4.94. The first-order valence-electron chi connectivity index (χ1n) is 6.51. The van der Waals surface area contributed by atoms with Crippen LogP contribution in [0.5, 0.6) is 0 Å². The number of halogens is 1. The highest BCUT2D eigenvalue weighted by atomic mass is 35.5. The van der Waals surface area contributed by atoms with E-state index in [1.54, 1.807) is 11.3 Å². The lowest BCUT2D eigenvalue weighted by molar-refractivity contribution is 0.495. The molecule has 0 saturated heterocycles. The average Bonchev–Trinajstić information content (AvgIpc) is 2.95. The summed E-state index contributed by atoms with van der Waals surface area (Å²) in [6.45, 7) is 4.29. The molecular weight excluding hydrogens is 290 g/mol. The van der Waals surface area contributed by atoms with Crippen LogP contribution in [0.1, 0.15) is 27.1 Å². The van der Waals surface area contributed by atoms with E-state index in [2.05, 4.69) is 31.3 Å². The van der Waals surface area contributed by atoms with Crippen molar-refractivity contribution in [3.8, 4) is 0 Å². The van der Waals surface area contributed by atoms with Crippen LogP contribution in [0.15, 0.2) is 34.7 Å². The Labute approximate surface area is 127 Å². The normalized spacial score (nSPS) is 13.0. The predicted molar refractivity (Wildman–Crippen MR) is 85.9 cm³/mol. The third kappa shape index (κ3) is 2.37. The highest BCUT2D eigenvalue weighted by Crippen LogP contribution is 2.34. The van der Waals surface area contributed by atoms with Crippen molar-refractivity contribution in [3.05, 3.63) is 56.4 Å². The van der Waals surface area contributed by atoms with Crippen LogP contribution in [0.2, 0.25) is 5.02 Å². The first-order valence-corrected chi connectivity index (χ1v) is 7.71. The van der Waals surface area contributed by atoms with Crippen LogP contribution in [0, 0.1) is 13.8 Å². The molecule has 3 aromatic rings. The van der Waals surface area contributed by atoms with E-state index in [0.717, 1.165) is 21.8 Å². The summed E-state index contributed by atoms with van der Waals surface area (Å²) in [5.74, 6) is 0.922. The number of fused-ring (bicyclic) bond motifs is 1. The lowest BCUT2D eigenvalue weighted by Crippen LogP contribution is -2.15. The monoisotopic (exact) mass is 305 g/mol. The SMILES string of the molecule is CNC(c1cc2cc(Cl)ccc2o1)c1cc(C)c(C)s1. The zero-order chi connectivity index (χ0) is 14.3. The summed E-state index contributed by atoms with van der Waals surface area (Å²) < 4.78 is 5.97. The summed E-state index contributed by atoms with van der Waals surface area (Å²) >= 11 is 7.83. The second-order valence-corrected chi connectivity index (χ2v) is 6.66. The molecule has 1 unspecified atom stereocenters. The number of benzene rings is 1. The molecular formula is C16H16ClNOS. The largest absolute Gasteiger partial charge is 0.459 e. The molecule has 2 nitrogen and oxygen atoms in total. The molecule has 104 valence electrons. The van der Waals surface area contributed by atoms with Crippen LogP contribution < -0.4 is 5.32 Å². The van der Waals surface area contributed by atoms with Crippen LogP contribution in [0.4, 0.5) is 0 Å². The van der Waals surface area contributed by atoms with Gasteiger partial charge in [0.2, 0.25) is 0 Å². The maximum Gasteiger partial charge on any atom is 0.134 e. The third-order valence-corrected chi connectivity index (χ3v) is 4.99. The van der Waals surface area contributed by atoms with E-state index in [1.165, 1.54) is 15.3 Å². The molecule has 1 atom stereocenters. The number of thiophene rings is 1. The van der Waals surface area contributed by atoms with Gasteiger partial charge in [-0.25, -0.2) is 0 Å². The number of furan rings is 1. The van der Waals surface area contributed by atoms with Gasteiger partial charge in [0.1, 0.15) is 17.4 Å². The summed E-state index contributed by atoms with van der Waals surface area (Å²) in [6.07, 6.45) is 0. The Balaban J connectivity index is 2.06. The van der Waals surface area contributed by atoms with Gasteiger partial charge in [0.15, 0.2) is 0 Å². The Morgan fingerprint density at radius 2 is 2.00 bits per heavy atom. The fourth-order valence-corrected chi connectivity index (χ4v) is 3.69. The predicted octanol–water partition coefficient (Wildman–Crippen LogP) is 5.07. The van der Waals surface area contributed by atoms with E-state index in [1.807, 2.05) is 25.2 Å². The van der Waals surface area contributed by atoms with Crippen LogP contribution in [0.25, 0.3) is 11.0 Å². The summed E-state index contributed by atoms with van der Waals surface area (Å²) in [4.78, 5) is 2.62. The fourth-order valence-electron chi connectivity index (χ4n) is 2.35. The summed E-state index contributed by atoms with van der Waals surface area (Å²) in [7, 11) is 1.95. The molecule has 0 aliphatic carbocycles. The van der Waals surface area contributed by atoms with E-state index in [9.17, 15) is 0 Å². The Hall–Kier alpha value is -1.29. The topological polar surface area (TPSA) is 25.2 Å². The van der Waals surface area contributed by atoms with E-state index in [-0.39, 0.29) is 6.04 Å². The molecule has 0 fully saturated rings. The molecule has 0 radical (unpaired) electrons. The molecule has 0 amide bonds. The molecule has 2 heterocycles. The van der Waals surface area contributed by atoms with E-state index >= 15 is 0 Å². The quantitative estimate of drug-likeness (QED) is 0.730. The summed E-state index contributed by atoms with van der Waals surface area (Å²) in [5, 5.41) is 5.10. The minimum Gasteiger partial charge on any atom is -0.459 e. The Morgan fingerprint density at radius 1 is 1.20 bits per heavy atom. The zero-order valence-electron chi connectivity index (χ0n) is 11.7. The Morgan fingerprint density at radius 3 is 2.65 bits per heavy atom. The Bertz CT molecular complexity index is 740. The first kappa shape index (κ1) is 13.7. The molecule has 3 rings (SSSR count). The summed E-state index contributed by atoms with van der Waals surface area (Å²) in [6, 6.07) is 10.1. The maximum atomic E-state index is 6.03. The molecule has 4 heteroatoms. The molecule has 1 N–H and O–H groups in total. The van der Waals surface area contributed by atoms with Gasteiger partial charge in [-0.3, -0.25) is 0 Å². The molecule has 1 aromatic carbocycles. The minimum absolute atomic E-state index is 0.0820. The molecule has 0 saturated carbocycles. The smallest absolute Gasteiger partial charge is 0.134 e. The van der Waals surface area contributed by atoms with Gasteiger partial charge >= 0.3 is 0 Å². The van der Waals surface area contributed by atoms with E-state index < -0.39 is 0 Å². The van der Waals surface area contributed by atoms with Crippen molar-refractivity contribution in [1.29, 1.82) is 0 Å². The van der Waals surface area contributed by atoms with Crippen molar-refractivity contribution in [2.45, 2.75) is 19.9 Å². The fraction of sp³-hybridized carbons (Fsp3) is 0.250. The minimum atomic E-state index is 0.0820. The average molecular weight is 306 g/mol. The molecule has 0 aliphatic heterocycles. The van der Waals surface area contributed by atoms with Gasteiger partial charge in [0.25, 0.3) is 0 Å².